The topological polar surface area (TPSA) is 99.0 Å². The lowest BCUT2D eigenvalue weighted by Gasteiger charge is -2.53. The first-order valence-electron chi connectivity index (χ1n) is 13.1. The third-order valence-corrected chi connectivity index (χ3v) is 9.46. The van der Waals surface area contributed by atoms with Crippen LogP contribution in [0.1, 0.15) is 64.4 Å². The van der Waals surface area contributed by atoms with E-state index in [1.165, 1.54) is 6.42 Å². The molecule has 4 fully saturated rings. The van der Waals surface area contributed by atoms with E-state index in [2.05, 4.69) is 36.2 Å². The molecule has 1 aromatic rings. The number of rotatable bonds is 5. The van der Waals surface area contributed by atoms with Crippen molar-refractivity contribution in [2.45, 2.75) is 75.4 Å². The van der Waals surface area contributed by atoms with E-state index >= 15 is 0 Å². The monoisotopic (exact) mass is 481 g/mol. The van der Waals surface area contributed by atoms with E-state index < -0.39 is 11.1 Å². The summed E-state index contributed by atoms with van der Waals surface area (Å²) in [4.78, 5) is 44.5. The van der Waals surface area contributed by atoms with Crippen LogP contribution >= 0.6 is 0 Å². The van der Waals surface area contributed by atoms with E-state index in [1.54, 1.807) is 9.80 Å². The van der Waals surface area contributed by atoms with Crippen molar-refractivity contribution in [1.29, 1.82) is 0 Å². The second kappa shape index (κ2) is 8.80. The minimum atomic E-state index is -0.528. The Kier molecular flexibility index (Phi) is 6.06. The number of piperazine rings is 1. The van der Waals surface area contributed by atoms with E-state index in [4.69, 9.17) is 5.73 Å². The Morgan fingerprint density at radius 1 is 1.06 bits per heavy atom. The van der Waals surface area contributed by atoms with Gasteiger partial charge in [-0.2, -0.15) is 0 Å². The van der Waals surface area contributed by atoms with E-state index in [9.17, 15) is 14.4 Å². The minimum Gasteiger partial charge on any atom is -0.353 e. The molecule has 2 aliphatic carbocycles. The maximum Gasteiger partial charge on any atom is 0.321 e. The molecular formula is C27H39N5O3. The molecule has 2 heterocycles. The summed E-state index contributed by atoms with van der Waals surface area (Å²) in [5, 5.41) is 2.76. The van der Waals surface area contributed by atoms with Crippen molar-refractivity contribution in [3.63, 3.8) is 0 Å². The fourth-order valence-electron chi connectivity index (χ4n) is 6.74. The van der Waals surface area contributed by atoms with E-state index in [0.717, 1.165) is 50.6 Å². The first-order valence-corrected chi connectivity index (χ1v) is 13.1. The van der Waals surface area contributed by atoms with Crippen LogP contribution in [0.4, 0.5) is 4.79 Å². The highest BCUT2D eigenvalue weighted by Crippen LogP contribution is 2.53. The molecule has 2 aliphatic heterocycles. The molecule has 8 nitrogen and oxygen atoms in total. The van der Waals surface area contributed by atoms with Crippen LogP contribution in [0.15, 0.2) is 30.3 Å². The molecule has 2 saturated heterocycles. The summed E-state index contributed by atoms with van der Waals surface area (Å²) >= 11 is 0. The number of urea groups is 1. The molecule has 1 spiro atoms. The van der Waals surface area contributed by atoms with Crippen molar-refractivity contribution in [2.24, 2.45) is 11.7 Å². The number of nitrogens with two attached hydrogens (primary N) is 1. The maximum atomic E-state index is 14.0. The van der Waals surface area contributed by atoms with Crippen molar-refractivity contribution in [2.75, 3.05) is 32.7 Å². The number of amides is 4. The van der Waals surface area contributed by atoms with Gasteiger partial charge in [-0.3, -0.25) is 9.59 Å². The van der Waals surface area contributed by atoms with Crippen LogP contribution in [0.5, 0.6) is 0 Å². The number of hydrogen-bond acceptors (Lipinski definition) is 4. The lowest BCUT2D eigenvalue weighted by molar-refractivity contribution is -0.139. The van der Waals surface area contributed by atoms with Gasteiger partial charge in [0.2, 0.25) is 11.8 Å². The molecule has 0 bridgehead atoms. The molecule has 2 saturated carbocycles. The van der Waals surface area contributed by atoms with Crippen LogP contribution in [0, 0.1) is 5.92 Å². The van der Waals surface area contributed by atoms with Crippen LogP contribution in [0.2, 0.25) is 0 Å². The molecule has 0 atom stereocenters. The minimum absolute atomic E-state index is 0.00842. The number of carbonyl (C=O) groups excluding carboxylic acids is 3. The van der Waals surface area contributed by atoms with Crippen molar-refractivity contribution in [3.05, 3.63) is 35.9 Å². The smallest absolute Gasteiger partial charge is 0.321 e. The van der Waals surface area contributed by atoms with Gasteiger partial charge in [-0.1, -0.05) is 36.8 Å². The van der Waals surface area contributed by atoms with Gasteiger partial charge >= 0.3 is 6.03 Å². The molecule has 0 aromatic heterocycles. The van der Waals surface area contributed by atoms with Gasteiger partial charge in [0.1, 0.15) is 6.54 Å². The van der Waals surface area contributed by atoms with Gasteiger partial charge in [0.25, 0.3) is 0 Å². The zero-order chi connectivity index (χ0) is 24.8. The van der Waals surface area contributed by atoms with Crippen molar-refractivity contribution < 1.29 is 14.4 Å². The predicted molar refractivity (Wildman–Crippen MR) is 133 cm³/mol. The van der Waals surface area contributed by atoms with Crippen LogP contribution in [-0.4, -0.2) is 76.3 Å². The van der Waals surface area contributed by atoms with E-state index in [0.29, 0.717) is 19.0 Å². The summed E-state index contributed by atoms with van der Waals surface area (Å²) in [5.41, 5.74) is 6.80. The summed E-state index contributed by atoms with van der Waals surface area (Å²) in [5.74, 6) is 0.231. The van der Waals surface area contributed by atoms with Crippen molar-refractivity contribution in [3.8, 4) is 0 Å². The third kappa shape index (κ3) is 3.99. The Hall–Kier alpha value is -2.61. The van der Waals surface area contributed by atoms with E-state index in [1.807, 2.05) is 18.2 Å². The normalized spacial score (nSPS) is 31.0. The van der Waals surface area contributed by atoms with Gasteiger partial charge in [-0.15, -0.1) is 0 Å². The Bertz CT molecular complexity index is 982. The molecule has 4 aliphatic rings. The second-order valence-corrected chi connectivity index (χ2v) is 11.6. The summed E-state index contributed by atoms with van der Waals surface area (Å²) in [6.45, 7) is 6.00. The summed E-state index contributed by atoms with van der Waals surface area (Å²) < 4.78 is 0. The third-order valence-electron chi connectivity index (χ3n) is 9.46. The Balaban J connectivity index is 1.41. The van der Waals surface area contributed by atoms with E-state index in [-0.39, 0.29) is 36.5 Å². The van der Waals surface area contributed by atoms with Crippen LogP contribution in [-0.2, 0) is 15.1 Å². The summed E-state index contributed by atoms with van der Waals surface area (Å²) in [7, 11) is 0. The molecule has 4 amide bonds. The molecule has 0 radical (unpaired) electrons. The van der Waals surface area contributed by atoms with Gasteiger partial charge in [0, 0.05) is 25.2 Å². The number of carbonyl (C=O) groups is 3. The molecule has 0 unspecified atom stereocenters. The number of nitrogens with one attached hydrogen (secondary N) is 1. The highest BCUT2D eigenvalue weighted by atomic mass is 16.2. The van der Waals surface area contributed by atoms with Gasteiger partial charge < -0.3 is 25.8 Å². The zero-order valence-electron chi connectivity index (χ0n) is 21.1. The van der Waals surface area contributed by atoms with Gasteiger partial charge in [-0.25, -0.2) is 4.79 Å². The standard InChI is InChI=1S/C27H39N5O3/c1-25(2)27(13-11-26(28,12-14-27)21-9-4-3-5-10-21)32(17-20-7-6-8-20)24(35)31(25)19-23(34)30-16-15-29-22(33)18-30/h3-5,9-10,20H,6-8,11-19,28H2,1-2H3,(H,29,33). The average Bonchev–Trinajstić information content (AvgIpc) is 2.96. The van der Waals surface area contributed by atoms with Crippen molar-refractivity contribution >= 4 is 17.8 Å². The molecule has 190 valence electrons. The first-order chi connectivity index (χ1) is 16.7. The molecule has 1 aromatic carbocycles. The molecule has 3 N–H and O–H groups in total. The molecule has 5 rings (SSSR count). The lowest BCUT2D eigenvalue weighted by Crippen LogP contribution is -2.63. The number of benzene rings is 1. The number of nitrogens with zero attached hydrogens (tertiary/aromatic N) is 3. The maximum absolute atomic E-state index is 14.0. The highest BCUT2D eigenvalue weighted by Gasteiger charge is 2.64. The summed E-state index contributed by atoms with van der Waals surface area (Å²) in [6.07, 6.45) is 6.75. The lowest BCUT2D eigenvalue weighted by atomic mass is 9.63. The fourth-order valence-corrected chi connectivity index (χ4v) is 6.74. The Morgan fingerprint density at radius 3 is 2.34 bits per heavy atom. The zero-order valence-corrected chi connectivity index (χ0v) is 21.1. The second-order valence-electron chi connectivity index (χ2n) is 11.6. The van der Waals surface area contributed by atoms with Gasteiger partial charge in [-0.05, 0) is 63.9 Å². The Morgan fingerprint density at radius 2 is 1.74 bits per heavy atom. The first kappa shape index (κ1) is 24.1. The van der Waals surface area contributed by atoms with Gasteiger partial charge in [0.05, 0.1) is 17.6 Å². The SMILES string of the molecule is CC1(C)N(CC(=O)N2CCNC(=O)C2)C(=O)N(CC2CCC2)C12CCC(N)(c1ccccc1)CC2. The van der Waals surface area contributed by atoms with Crippen LogP contribution in [0.3, 0.4) is 0 Å². The largest absolute Gasteiger partial charge is 0.353 e. The quantitative estimate of drug-likeness (QED) is 0.675. The Labute approximate surface area is 208 Å². The van der Waals surface area contributed by atoms with Crippen LogP contribution in [0.25, 0.3) is 0 Å². The summed E-state index contributed by atoms with van der Waals surface area (Å²) in [6, 6.07) is 10.3. The van der Waals surface area contributed by atoms with Gasteiger partial charge in [0.15, 0.2) is 0 Å². The van der Waals surface area contributed by atoms with Crippen LogP contribution < -0.4 is 11.1 Å². The highest BCUT2D eigenvalue weighted by molar-refractivity contribution is 5.90. The molecule has 8 heteroatoms. The molecule has 35 heavy (non-hydrogen) atoms. The average molecular weight is 482 g/mol. The fraction of sp³-hybridized carbons (Fsp3) is 0.667. The predicted octanol–water partition coefficient (Wildman–Crippen LogP) is 2.43. The molecular weight excluding hydrogens is 442 g/mol. The van der Waals surface area contributed by atoms with Crippen molar-refractivity contribution in [1.82, 2.24) is 20.0 Å². The number of hydrogen-bond donors (Lipinski definition) is 2.